The maximum absolute atomic E-state index is 13.2. The van der Waals surface area contributed by atoms with Crippen molar-refractivity contribution in [2.45, 2.75) is 32.4 Å². The highest BCUT2D eigenvalue weighted by atomic mass is 19.1. The van der Waals surface area contributed by atoms with E-state index >= 15 is 0 Å². The van der Waals surface area contributed by atoms with Gasteiger partial charge in [0.1, 0.15) is 5.82 Å². The first-order valence-corrected chi connectivity index (χ1v) is 10.8. The summed E-state index contributed by atoms with van der Waals surface area (Å²) in [6, 6.07) is 14.4. The van der Waals surface area contributed by atoms with Crippen molar-refractivity contribution in [2.75, 3.05) is 19.6 Å². The van der Waals surface area contributed by atoms with Crippen LogP contribution < -0.4 is 0 Å². The summed E-state index contributed by atoms with van der Waals surface area (Å²) in [6.07, 6.45) is 2.81. The number of fused-ring (bicyclic) bond motifs is 1. The number of piperidine rings is 1. The summed E-state index contributed by atoms with van der Waals surface area (Å²) in [6.45, 7) is 3.61. The lowest BCUT2D eigenvalue weighted by Gasteiger charge is -2.36. The molecule has 0 aliphatic carbocycles. The first-order chi connectivity index (χ1) is 15.2. The van der Waals surface area contributed by atoms with E-state index in [2.05, 4.69) is 33.2 Å². The highest BCUT2D eigenvalue weighted by molar-refractivity contribution is 5.79. The van der Waals surface area contributed by atoms with Crippen molar-refractivity contribution in [3.05, 3.63) is 71.4 Å². The number of hydrogen-bond donors (Lipinski definition) is 0. The van der Waals surface area contributed by atoms with Crippen molar-refractivity contribution in [2.24, 2.45) is 5.92 Å². The Kier molecular flexibility index (Phi) is 5.51. The van der Waals surface area contributed by atoms with Gasteiger partial charge < -0.3 is 9.42 Å². The molecule has 1 aromatic heterocycles. The summed E-state index contributed by atoms with van der Waals surface area (Å²) in [4.78, 5) is 21.9. The normalized spacial score (nSPS) is 19.3. The summed E-state index contributed by atoms with van der Waals surface area (Å²) in [7, 11) is 0. The lowest BCUT2D eigenvalue weighted by atomic mass is 9.94. The molecular weight excluding hydrogens is 395 g/mol. The average molecular weight is 420 g/mol. The Labute approximate surface area is 180 Å². The number of hydrogen-bond acceptors (Lipinski definition) is 5. The fraction of sp³-hybridized carbons (Fsp3) is 0.375. The molecule has 2 aliphatic rings. The second-order valence-corrected chi connectivity index (χ2v) is 8.37. The number of benzene rings is 2. The molecule has 160 valence electrons. The van der Waals surface area contributed by atoms with E-state index in [1.807, 2.05) is 11.0 Å². The molecule has 6 nitrogen and oxygen atoms in total. The van der Waals surface area contributed by atoms with E-state index in [0.717, 1.165) is 32.4 Å². The molecule has 1 unspecified atom stereocenters. The molecule has 3 heterocycles. The molecular formula is C24H25FN4O2. The standard InChI is InChI=1S/C24H25FN4O2/c25-21-9-7-18(8-10-21)23-26-22(31-27-23)16-28-12-3-6-20(14-28)24(30)29-13-11-17-4-1-2-5-19(17)15-29/h1-2,4-5,7-10,20H,3,6,11-16H2. The Morgan fingerprint density at radius 1 is 1.10 bits per heavy atom. The Morgan fingerprint density at radius 3 is 2.74 bits per heavy atom. The number of halogens is 1. The fourth-order valence-corrected chi connectivity index (χ4v) is 4.57. The topological polar surface area (TPSA) is 62.5 Å². The van der Waals surface area contributed by atoms with Gasteiger partial charge in [-0.05, 0) is 61.2 Å². The van der Waals surface area contributed by atoms with E-state index in [1.165, 1.54) is 23.3 Å². The van der Waals surface area contributed by atoms with E-state index < -0.39 is 0 Å². The fourth-order valence-electron chi connectivity index (χ4n) is 4.57. The molecule has 0 spiro atoms. The van der Waals surface area contributed by atoms with E-state index in [4.69, 9.17) is 4.52 Å². The summed E-state index contributed by atoms with van der Waals surface area (Å²) < 4.78 is 18.5. The molecule has 3 aromatic rings. The molecule has 0 saturated carbocycles. The largest absolute Gasteiger partial charge is 0.338 e. The van der Waals surface area contributed by atoms with Crippen LogP contribution >= 0.6 is 0 Å². The van der Waals surface area contributed by atoms with Gasteiger partial charge in [0.25, 0.3) is 0 Å². The minimum atomic E-state index is -0.298. The van der Waals surface area contributed by atoms with Crippen LogP contribution in [0.5, 0.6) is 0 Å². The number of carbonyl (C=O) groups is 1. The van der Waals surface area contributed by atoms with Crippen LogP contribution in [0, 0.1) is 11.7 Å². The lowest BCUT2D eigenvalue weighted by molar-refractivity contribution is -0.138. The third-order valence-electron chi connectivity index (χ3n) is 6.23. The van der Waals surface area contributed by atoms with Gasteiger partial charge in [-0.2, -0.15) is 4.98 Å². The summed E-state index contributed by atoms with van der Waals surface area (Å²) in [5.41, 5.74) is 3.33. The smallest absolute Gasteiger partial charge is 0.241 e. The second kappa shape index (κ2) is 8.59. The van der Waals surface area contributed by atoms with Gasteiger partial charge in [0.2, 0.25) is 17.6 Å². The zero-order chi connectivity index (χ0) is 21.2. The van der Waals surface area contributed by atoms with Crippen LogP contribution in [0.1, 0.15) is 29.9 Å². The molecule has 0 radical (unpaired) electrons. The molecule has 2 aliphatic heterocycles. The highest BCUT2D eigenvalue weighted by Gasteiger charge is 2.31. The highest BCUT2D eigenvalue weighted by Crippen LogP contribution is 2.25. The van der Waals surface area contributed by atoms with Gasteiger partial charge >= 0.3 is 0 Å². The summed E-state index contributed by atoms with van der Waals surface area (Å²) in [5, 5.41) is 4.02. The monoisotopic (exact) mass is 420 g/mol. The van der Waals surface area contributed by atoms with Crippen LogP contribution in [-0.2, 0) is 24.3 Å². The summed E-state index contributed by atoms with van der Waals surface area (Å²) >= 11 is 0. The number of aromatic nitrogens is 2. The van der Waals surface area contributed by atoms with E-state index in [9.17, 15) is 9.18 Å². The van der Waals surface area contributed by atoms with Crippen LogP contribution in [0.3, 0.4) is 0 Å². The second-order valence-electron chi connectivity index (χ2n) is 8.37. The number of nitrogens with zero attached hydrogens (tertiary/aromatic N) is 4. The molecule has 1 atom stereocenters. The molecule has 2 aromatic carbocycles. The van der Waals surface area contributed by atoms with Gasteiger partial charge in [-0.25, -0.2) is 4.39 Å². The minimum Gasteiger partial charge on any atom is -0.338 e. The van der Waals surface area contributed by atoms with Gasteiger partial charge in [0, 0.05) is 25.2 Å². The Balaban J connectivity index is 1.21. The Bertz CT molecular complexity index is 1070. The van der Waals surface area contributed by atoms with Crippen molar-refractivity contribution in [1.29, 1.82) is 0 Å². The molecule has 31 heavy (non-hydrogen) atoms. The molecule has 0 N–H and O–H groups in total. The van der Waals surface area contributed by atoms with Crippen molar-refractivity contribution in [3.63, 3.8) is 0 Å². The van der Waals surface area contributed by atoms with Crippen LogP contribution in [0.15, 0.2) is 53.1 Å². The first-order valence-electron chi connectivity index (χ1n) is 10.8. The lowest BCUT2D eigenvalue weighted by Crippen LogP contribution is -2.46. The SMILES string of the molecule is O=C(C1CCCN(Cc2nc(-c3ccc(F)cc3)no2)C1)N1CCc2ccccc2C1. The predicted molar refractivity (Wildman–Crippen MR) is 113 cm³/mol. The maximum atomic E-state index is 13.2. The molecule has 5 rings (SSSR count). The number of carbonyl (C=O) groups excluding carboxylic acids is 1. The average Bonchev–Trinajstić information content (AvgIpc) is 3.27. The molecule has 7 heteroatoms. The van der Waals surface area contributed by atoms with E-state index in [-0.39, 0.29) is 17.6 Å². The Morgan fingerprint density at radius 2 is 1.90 bits per heavy atom. The maximum Gasteiger partial charge on any atom is 0.241 e. The molecule has 0 bridgehead atoms. The third-order valence-corrected chi connectivity index (χ3v) is 6.23. The van der Waals surface area contributed by atoms with Gasteiger partial charge in [0.15, 0.2) is 0 Å². The number of rotatable bonds is 4. The van der Waals surface area contributed by atoms with Gasteiger partial charge in [-0.3, -0.25) is 9.69 Å². The Hall–Kier alpha value is -3.06. The quantitative estimate of drug-likeness (QED) is 0.645. The summed E-state index contributed by atoms with van der Waals surface area (Å²) in [5.74, 6) is 0.912. The molecule has 1 saturated heterocycles. The third kappa shape index (κ3) is 4.37. The predicted octanol–water partition coefficient (Wildman–Crippen LogP) is 3.67. The van der Waals surface area contributed by atoms with Crippen LogP contribution in [-0.4, -0.2) is 45.5 Å². The number of amides is 1. The van der Waals surface area contributed by atoms with Crippen molar-refractivity contribution in [3.8, 4) is 11.4 Å². The van der Waals surface area contributed by atoms with Crippen LogP contribution in [0.4, 0.5) is 4.39 Å². The van der Waals surface area contributed by atoms with E-state index in [0.29, 0.717) is 36.9 Å². The van der Waals surface area contributed by atoms with Crippen LogP contribution in [0.25, 0.3) is 11.4 Å². The van der Waals surface area contributed by atoms with Gasteiger partial charge in [-0.15, -0.1) is 0 Å². The van der Waals surface area contributed by atoms with Gasteiger partial charge in [0.05, 0.1) is 12.5 Å². The first kappa shape index (κ1) is 19.9. The van der Waals surface area contributed by atoms with Crippen LogP contribution in [0.2, 0.25) is 0 Å². The van der Waals surface area contributed by atoms with Crippen molar-refractivity contribution >= 4 is 5.91 Å². The molecule has 1 amide bonds. The van der Waals surface area contributed by atoms with Gasteiger partial charge in [-0.1, -0.05) is 29.4 Å². The number of likely N-dealkylation sites (tertiary alicyclic amines) is 1. The van der Waals surface area contributed by atoms with Crippen molar-refractivity contribution in [1.82, 2.24) is 19.9 Å². The minimum absolute atomic E-state index is 0.00139. The zero-order valence-electron chi connectivity index (χ0n) is 17.3. The zero-order valence-corrected chi connectivity index (χ0v) is 17.3. The van der Waals surface area contributed by atoms with E-state index in [1.54, 1.807) is 12.1 Å². The molecule has 1 fully saturated rings. The van der Waals surface area contributed by atoms with Crippen molar-refractivity contribution < 1.29 is 13.7 Å².